The monoisotopic (exact) mass is 414 g/mol. The summed E-state index contributed by atoms with van der Waals surface area (Å²) in [5.41, 5.74) is -1.95. The lowest BCUT2D eigenvalue weighted by molar-refractivity contribution is -0.875. The molecule has 29 heavy (non-hydrogen) atoms. The summed E-state index contributed by atoms with van der Waals surface area (Å²) in [5, 5.41) is 29.8. The zero-order valence-electron chi connectivity index (χ0n) is 19.0. The average Bonchev–Trinajstić information content (AvgIpc) is 2.57. The van der Waals surface area contributed by atoms with Crippen molar-refractivity contribution in [1.29, 1.82) is 0 Å². The number of unbranched alkanes of at least 4 members (excludes halogenated alkanes) is 7. The molecule has 0 rings (SSSR count). The molecule has 0 aliphatic carbocycles. The number of rotatable bonds is 18. The number of hydrogen-bond acceptors (Lipinski definition) is 4. The molecule has 0 aliphatic rings. The molecule has 0 saturated carbocycles. The second-order valence-corrected chi connectivity index (χ2v) is 9.29. The van der Waals surface area contributed by atoms with Crippen LogP contribution < -0.4 is 0 Å². The van der Waals surface area contributed by atoms with E-state index in [1.54, 1.807) is 21.1 Å². The molecular weight excluding hydrogens is 370 g/mol. The van der Waals surface area contributed by atoms with Gasteiger partial charge in [-0.1, -0.05) is 51.2 Å². The maximum Gasteiger partial charge on any atom is 0.306 e. The molecule has 0 spiro atoms. The number of ketones is 1. The van der Waals surface area contributed by atoms with Gasteiger partial charge in [0.05, 0.1) is 33.7 Å². The minimum Gasteiger partial charge on any atom is -0.481 e. The highest BCUT2D eigenvalue weighted by molar-refractivity contribution is 5.91. The smallest absolute Gasteiger partial charge is 0.306 e. The number of carboxylic acids is 1. The van der Waals surface area contributed by atoms with Crippen LogP contribution in [0, 0.1) is 0 Å². The molecule has 0 aromatic rings. The molecule has 0 fully saturated rings. The number of likely N-dealkylation sites (N-methyl/N-ethyl adjacent to an activating group) is 1. The summed E-state index contributed by atoms with van der Waals surface area (Å²) in [6.07, 6.45) is 13.4. The van der Waals surface area contributed by atoms with E-state index in [0.717, 1.165) is 32.1 Å². The van der Waals surface area contributed by atoms with Gasteiger partial charge in [-0.05, 0) is 32.1 Å². The second-order valence-electron chi connectivity index (χ2n) is 9.29. The Bertz CT molecular complexity index is 498. The van der Waals surface area contributed by atoms with E-state index in [1.165, 1.54) is 25.7 Å². The Labute approximate surface area is 177 Å². The van der Waals surface area contributed by atoms with Gasteiger partial charge < -0.3 is 19.8 Å². The Kier molecular flexibility index (Phi) is 14.1. The molecule has 0 aromatic heterocycles. The van der Waals surface area contributed by atoms with Crippen LogP contribution in [-0.2, 0) is 9.59 Å². The van der Waals surface area contributed by atoms with Gasteiger partial charge in [-0.2, -0.15) is 0 Å². The van der Waals surface area contributed by atoms with Crippen molar-refractivity contribution in [3.8, 4) is 0 Å². The average molecular weight is 415 g/mol. The summed E-state index contributed by atoms with van der Waals surface area (Å²) in [5.74, 6) is -1.81. The predicted octanol–water partition coefficient (Wildman–Crippen LogP) is 3.70. The number of nitrogens with zero attached hydrogens (tertiary/aromatic N) is 1. The number of carboxylic acid groups (broad SMARTS) is 1. The van der Waals surface area contributed by atoms with Crippen molar-refractivity contribution in [2.45, 2.75) is 95.7 Å². The molecule has 0 heterocycles. The molecule has 0 aliphatic heterocycles. The standard InChI is InChI=1S/C23H43NO5/c1-5-6-7-8-9-10-11-12-13-14-15-16-20(25)17-21(26)23(29,18-22(27)28)19-24(2,3)4/h10-11,20,25,29H,5-9,12-19H2,1-4H3/p+1/b11-10-. The zero-order chi connectivity index (χ0) is 22.3. The van der Waals surface area contributed by atoms with Crippen molar-refractivity contribution in [3.63, 3.8) is 0 Å². The van der Waals surface area contributed by atoms with Crippen molar-refractivity contribution in [3.05, 3.63) is 12.2 Å². The fraction of sp³-hybridized carbons (Fsp3) is 0.826. The van der Waals surface area contributed by atoms with Crippen LogP contribution in [0.3, 0.4) is 0 Å². The van der Waals surface area contributed by atoms with Gasteiger partial charge in [0, 0.05) is 6.42 Å². The number of allylic oxidation sites excluding steroid dienone is 2. The highest BCUT2D eigenvalue weighted by Crippen LogP contribution is 2.20. The fourth-order valence-corrected chi connectivity index (χ4v) is 3.53. The lowest BCUT2D eigenvalue weighted by Gasteiger charge is -2.34. The van der Waals surface area contributed by atoms with Crippen molar-refractivity contribution in [1.82, 2.24) is 0 Å². The van der Waals surface area contributed by atoms with E-state index in [9.17, 15) is 19.8 Å². The summed E-state index contributed by atoms with van der Waals surface area (Å²) >= 11 is 0. The Morgan fingerprint density at radius 1 is 0.966 bits per heavy atom. The number of aliphatic hydroxyl groups is 2. The highest BCUT2D eigenvalue weighted by Gasteiger charge is 2.43. The van der Waals surface area contributed by atoms with Crippen molar-refractivity contribution in [2.24, 2.45) is 0 Å². The van der Waals surface area contributed by atoms with Crippen molar-refractivity contribution < 1.29 is 29.4 Å². The molecule has 6 heteroatoms. The molecule has 3 N–H and O–H groups in total. The molecule has 2 unspecified atom stereocenters. The zero-order valence-corrected chi connectivity index (χ0v) is 19.0. The maximum absolute atomic E-state index is 12.5. The third-order valence-electron chi connectivity index (χ3n) is 4.92. The van der Waals surface area contributed by atoms with E-state index in [-0.39, 0.29) is 17.4 Å². The normalized spacial score (nSPS) is 15.4. The van der Waals surface area contributed by atoms with Crippen LogP contribution >= 0.6 is 0 Å². The van der Waals surface area contributed by atoms with Crippen LogP contribution in [0.1, 0.15) is 84.0 Å². The van der Waals surface area contributed by atoms with Gasteiger partial charge in [-0.25, -0.2) is 0 Å². The first kappa shape index (κ1) is 27.8. The topological polar surface area (TPSA) is 94.8 Å². The van der Waals surface area contributed by atoms with Crippen LogP contribution in [0.2, 0.25) is 0 Å². The van der Waals surface area contributed by atoms with Gasteiger partial charge in [0.15, 0.2) is 11.4 Å². The number of aliphatic carboxylic acids is 1. The van der Waals surface area contributed by atoms with Gasteiger partial charge in [0.2, 0.25) is 0 Å². The van der Waals surface area contributed by atoms with Gasteiger partial charge in [-0.15, -0.1) is 0 Å². The fourth-order valence-electron chi connectivity index (χ4n) is 3.53. The SMILES string of the molecule is CCCCCC/C=C\CCCCCC(O)CC(=O)C(O)(CC(=O)O)C[N+](C)(C)C. The molecule has 0 amide bonds. The van der Waals surface area contributed by atoms with Crippen LogP contribution in [0.4, 0.5) is 0 Å². The van der Waals surface area contributed by atoms with Gasteiger partial charge in [0.1, 0.15) is 6.54 Å². The quantitative estimate of drug-likeness (QED) is 0.181. The number of aliphatic hydroxyl groups excluding tert-OH is 1. The third kappa shape index (κ3) is 15.3. The molecule has 2 atom stereocenters. The molecule has 170 valence electrons. The minimum atomic E-state index is -1.95. The first-order chi connectivity index (χ1) is 13.5. The molecular formula is C23H44NO5+. The lowest BCUT2D eigenvalue weighted by atomic mass is 9.88. The molecule has 0 saturated heterocycles. The number of quaternary nitrogens is 1. The Morgan fingerprint density at radius 3 is 2.00 bits per heavy atom. The first-order valence-electron chi connectivity index (χ1n) is 11.1. The Hall–Kier alpha value is -1.24. The lowest BCUT2D eigenvalue weighted by Crippen LogP contribution is -2.55. The number of carbonyl (C=O) groups is 2. The summed E-state index contributed by atoms with van der Waals surface area (Å²) in [6.45, 7) is 2.21. The third-order valence-corrected chi connectivity index (χ3v) is 4.92. The number of Topliss-reactive ketones (excluding diaryl/α,β-unsaturated/α-hetero) is 1. The van der Waals surface area contributed by atoms with Crippen LogP contribution in [0.15, 0.2) is 12.2 Å². The van der Waals surface area contributed by atoms with Crippen LogP contribution in [0.5, 0.6) is 0 Å². The summed E-state index contributed by atoms with van der Waals surface area (Å²) < 4.78 is 0.262. The number of hydrogen-bond donors (Lipinski definition) is 3. The molecule has 0 radical (unpaired) electrons. The van der Waals surface area contributed by atoms with E-state index in [1.807, 2.05) is 0 Å². The van der Waals surface area contributed by atoms with E-state index >= 15 is 0 Å². The van der Waals surface area contributed by atoms with Crippen molar-refractivity contribution in [2.75, 3.05) is 27.7 Å². The maximum atomic E-state index is 12.5. The largest absolute Gasteiger partial charge is 0.481 e. The second kappa shape index (κ2) is 14.7. The van der Waals surface area contributed by atoms with Gasteiger partial charge in [-0.3, -0.25) is 9.59 Å². The van der Waals surface area contributed by atoms with E-state index in [0.29, 0.717) is 6.42 Å². The summed E-state index contributed by atoms with van der Waals surface area (Å²) in [7, 11) is 5.36. The van der Waals surface area contributed by atoms with Gasteiger partial charge >= 0.3 is 5.97 Å². The first-order valence-corrected chi connectivity index (χ1v) is 11.1. The molecule has 0 bridgehead atoms. The van der Waals surface area contributed by atoms with E-state index in [2.05, 4.69) is 19.1 Å². The van der Waals surface area contributed by atoms with Crippen molar-refractivity contribution >= 4 is 11.8 Å². The summed E-state index contributed by atoms with van der Waals surface area (Å²) in [6, 6.07) is 0. The van der Waals surface area contributed by atoms with Crippen LogP contribution in [-0.4, -0.2) is 70.9 Å². The highest BCUT2D eigenvalue weighted by atomic mass is 16.4. The molecule has 0 aromatic carbocycles. The van der Waals surface area contributed by atoms with Gasteiger partial charge in [0.25, 0.3) is 0 Å². The molecule has 6 nitrogen and oxygen atoms in total. The van der Waals surface area contributed by atoms with E-state index < -0.39 is 29.9 Å². The Morgan fingerprint density at radius 2 is 1.52 bits per heavy atom. The minimum absolute atomic E-state index is 0.00433. The predicted molar refractivity (Wildman–Crippen MR) is 117 cm³/mol. The number of carbonyl (C=O) groups excluding carboxylic acids is 1. The Balaban J connectivity index is 4.15. The summed E-state index contributed by atoms with van der Waals surface area (Å²) in [4.78, 5) is 23.6. The van der Waals surface area contributed by atoms with Crippen LogP contribution in [0.25, 0.3) is 0 Å². The van der Waals surface area contributed by atoms with E-state index in [4.69, 9.17) is 5.11 Å².